The zero-order chi connectivity index (χ0) is 9.11. The second kappa shape index (κ2) is 14.6. The maximum absolute atomic E-state index is 5.27. The van der Waals surface area contributed by atoms with E-state index in [0.29, 0.717) is 0 Å². The SMILES string of the molecule is CCCCCCN.[Br][Ga]([Br])[Br]. The molecule has 0 aliphatic heterocycles. The fourth-order valence-corrected chi connectivity index (χ4v) is 0.571. The second-order valence-electron chi connectivity index (χ2n) is 2.10. The first-order chi connectivity index (χ1) is 5.15. The van der Waals surface area contributed by atoms with Crippen LogP contribution in [0.25, 0.3) is 0 Å². The Morgan fingerprint density at radius 3 is 1.82 bits per heavy atom. The summed E-state index contributed by atoms with van der Waals surface area (Å²) >= 11 is 9.88. The molecule has 5 heteroatoms. The standard InChI is InChI=1S/C6H15N.3BrH.Ga/c1-2-3-4-5-6-7;;;;/h2-7H2,1H3;3*1H;/q;;;;+3/p-3. The summed E-state index contributed by atoms with van der Waals surface area (Å²) in [4.78, 5) is 0. The van der Waals surface area contributed by atoms with Crippen LogP contribution in [0.4, 0.5) is 0 Å². The molecule has 0 unspecified atom stereocenters. The van der Waals surface area contributed by atoms with Crippen LogP contribution in [0, 0.1) is 0 Å². The first kappa shape index (κ1) is 15.5. The van der Waals surface area contributed by atoms with Crippen LogP contribution in [0.15, 0.2) is 0 Å². The number of unbranched alkanes of at least 4 members (excludes halogenated alkanes) is 3. The Bertz CT molecular complexity index is 57.0. The Balaban J connectivity index is 0. The average molecular weight is 411 g/mol. The van der Waals surface area contributed by atoms with Gasteiger partial charge in [-0.3, -0.25) is 0 Å². The first-order valence-corrected chi connectivity index (χ1v) is 20.8. The molecule has 0 radical (unpaired) electrons. The van der Waals surface area contributed by atoms with Crippen molar-refractivity contribution in [2.24, 2.45) is 5.73 Å². The van der Waals surface area contributed by atoms with Crippen molar-refractivity contribution in [2.45, 2.75) is 32.6 Å². The van der Waals surface area contributed by atoms with Crippen LogP contribution in [0.2, 0.25) is 0 Å². The van der Waals surface area contributed by atoms with E-state index in [0.717, 1.165) is 6.54 Å². The topological polar surface area (TPSA) is 26.0 Å². The zero-order valence-corrected chi connectivity index (χ0v) is 14.0. The van der Waals surface area contributed by atoms with Crippen molar-refractivity contribution < 1.29 is 0 Å². The van der Waals surface area contributed by atoms with Crippen LogP contribution in [-0.2, 0) is 0 Å². The van der Waals surface area contributed by atoms with Gasteiger partial charge in [0.1, 0.15) is 0 Å². The molecule has 0 saturated carbocycles. The summed E-state index contributed by atoms with van der Waals surface area (Å²) in [6.07, 6.45) is 5.16. The predicted octanol–water partition coefficient (Wildman–Crippen LogP) is 3.68. The molecule has 2 N–H and O–H groups in total. The Morgan fingerprint density at radius 1 is 1.09 bits per heavy atom. The van der Waals surface area contributed by atoms with Crippen LogP contribution in [0.3, 0.4) is 0 Å². The van der Waals surface area contributed by atoms with Gasteiger partial charge in [-0.25, -0.2) is 0 Å². The summed E-state index contributed by atoms with van der Waals surface area (Å²) in [6.45, 7) is 3.07. The van der Waals surface area contributed by atoms with Gasteiger partial charge in [0, 0.05) is 0 Å². The number of nitrogens with two attached hydrogens (primary N) is 1. The van der Waals surface area contributed by atoms with Crippen molar-refractivity contribution in [1.82, 2.24) is 0 Å². The van der Waals surface area contributed by atoms with Crippen molar-refractivity contribution in [1.29, 1.82) is 0 Å². The van der Waals surface area contributed by atoms with E-state index in [1.807, 2.05) is 0 Å². The van der Waals surface area contributed by atoms with Gasteiger partial charge in [-0.15, -0.1) is 0 Å². The molecule has 0 aliphatic carbocycles. The van der Waals surface area contributed by atoms with Crippen LogP contribution >= 0.6 is 40.7 Å². The molecule has 68 valence electrons. The number of hydrogen-bond acceptors (Lipinski definition) is 1. The molecule has 0 aromatic heterocycles. The van der Waals surface area contributed by atoms with Crippen molar-refractivity contribution in [2.75, 3.05) is 6.54 Å². The minimum absolute atomic E-state index is 0.861. The van der Waals surface area contributed by atoms with Crippen molar-refractivity contribution in [3.8, 4) is 0 Å². The molecular weight excluding hydrogens is 396 g/mol. The predicted molar refractivity (Wildman–Crippen MR) is 65.7 cm³/mol. The second-order valence-corrected chi connectivity index (χ2v) is 36.6. The van der Waals surface area contributed by atoms with Gasteiger partial charge in [-0.2, -0.15) is 0 Å². The molecular formula is C6H15Br3GaN. The van der Waals surface area contributed by atoms with Crippen LogP contribution < -0.4 is 5.73 Å². The summed E-state index contributed by atoms with van der Waals surface area (Å²) in [5, 5.41) is 0. The first-order valence-electron chi connectivity index (χ1n) is 3.77. The number of rotatable bonds is 4. The van der Waals surface area contributed by atoms with E-state index in [9.17, 15) is 0 Å². The maximum atomic E-state index is 5.27. The average Bonchev–Trinajstić information content (AvgIpc) is 1.88. The molecule has 0 heterocycles. The van der Waals surface area contributed by atoms with Crippen molar-refractivity contribution >= 4 is 51.0 Å². The monoisotopic (exact) mass is 407 g/mol. The molecule has 0 atom stereocenters. The molecule has 0 amide bonds. The van der Waals surface area contributed by atoms with Gasteiger partial charge < -0.3 is 5.73 Å². The summed E-state index contributed by atoms with van der Waals surface area (Å²) in [5.74, 6) is 0. The number of hydrogen-bond donors (Lipinski definition) is 1. The summed E-state index contributed by atoms with van der Waals surface area (Å²) < 4.78 is 0. The third-order valence-corrected chi connectivity index (χ3v) is 1.06. The van der Waals surface area contributed by atoms with Crippen molar-refractivity contribution in [3.63, 3.8) is 0 Å². The molecule has 0 bridgehead atoms. The Morgan fingerprint density at radius 2 is 1.55 bits per heavy atom. The fraction of sp³-hybridized carbons (Fsp3) is 1.00. The van der Waals surface area contributed by atoms with E-state index < -0.39 is 10.3 Å². The molecule has 0 aromatic rings. The van der Waals surface area contributed by atoms with E-state index in [4.69, 9.17) is 5.73 Å². The Kier molecular flexibility index (Phi) is 20.5. The van der Waals surface area contributed by atoms with Gasteiger partial charge >= 0.3 is 51.0 Å². The van der Waals surface area contributed by atoms with Gasteiger partial charge in [0.2, 0.25) is 0 Å². The minimum atomic E-state index is -1.04. The third kappa shape index (κ3) is 33.3. The molecule has 0 spiro atoms. The normalized spacial score (nSPS) is 8.45. The molecule has 0 saturated heterocycles. The van der Waals surface area contributed by atoms with Crippen molar-refractivity contribution in [3.05, 3.63) is 0 Å². The van der Waals surface area contributed by atoms with E-state index in [2.05, 4.69) is 47.6 Å². The Hall–Kier alpha value is 2.04. The van der Waals surface area contributed by atoms with E-state index >= 15 is 0 Å². The van der Waals surface area contributed by atoms with Gasteiger partial charge in [0.15, 0.2) is 0 Å². The molecule has 11 heavy (non-hydrogen) atoms. The molecule has 0 rings (SSSR count). The summed E-state index contributed by atoms with van der Waals surface area (Å²) in [7, 11) is -1.04. The van der Waals surface area contributed by atoms with E-state index in [1.165, 1.54) is 25.7 Å². The fourth-order valence-electron chi connectivity index (χ4n) is 0.571. The zero-order valence-electron chi connectivity index (χ0n) is 6.82. The number of halogens is 3. The third-order valence-electron chi connectivity index (χ3n) is 1.06. The summed E-state index contributed by atoms with van der Waals surface area (Å²) in [6, 6.07) is 0. The molecule has 0 aromatic carbocycles. The molecule has 0 fully saturated rings. The Labute approximate surface area is 94.8 Å². The van der Waals surface area contributed by atoms with E-state index in [-0.39, 0.29) is 0 Å². The quantitative estimate of drug-likeness (QED) is 0.555. The van der Waals surface area contributed by atoms with Gasteiger partial charge in [-0.05, 0) is 13.0 Å². The van der Waals surface area contributed by atoms with Crippen LogP contribution in [0.5, 0.6) is 0 Å². The molecule has 0 aliphatic rings. The van der Waals surface area contributed by atoms with Gasteiger partial charge in [-0.1, -0.05) is 26.2 Å². The molecule has 1 nitrogen and oxygen atoms in total. The van der Waals surface area contributed by atoms with E-state index in [1.54, 1.807) is 0 Å². The van der Waals surface area contributed by atoms with Gasteiger partial charge in [0.25, 0.3) is 0 Å². The summed E-state index contributed by atoms with van der Waals surface area (Å²) in [5.41, 5.74) is 5.27. The van der Waals surface area contributed by atoms with Gasteiger partial charge in [0.05, 0.1) is 0 Å². The van der Waals surface area contributed by atoms with Crippen LogP contribution in [0.1, 0.15) is 32.6 Å². The van der Waals surface area contributed by atoms with Crippen LogP contribution in [-0.4, -0.2) is 16.8 Å².